The van der Waals surface area contributed by atoms with Crippen LogP contribution in [0.2, 0.25) is 0 Å². The largest absolute Gasteiger partial charge is 0.351 e. The van der Waals surface area contributed by atoms with Crippen LogP contribution < -0.4 is 5.32 Å². The average molecular weight is 353 g/mol. The van der Waals surface area contributed by atoms with Crippen LogP contribution in [0, 0.1) is 6.92 Å². The third-order valence-electron chi connectivity index (χ3n) is 4.28. The number of amides is 1. The Bertz CT molecular complexity index is 563. The number of rotatable bonds is 5. The summed E-state index contributed by atoms with van der Waals surface area (Å²) in [5.41, 5.74) is 2.96. The summed E-state index contributed by atoms with van der Waals surface area (Å²) >= 11 is 1.67. The maximum Gasteiger partial charge on any atom is 0.223 e. The fourth-order valence-electron chi connectivity index (χ4n) is 2.65. The topological polar surface area (TPSA) is 64.1 Å². The van der Waals surface area contributed by atoms with Gasteiger partial charge in [0.25, 0.3) is 0 Å². The number of aryl methyl sites for hydroxylation is 1. The first-order valence-corrected chi connectivity index (χ1v) is 9.16. The van der Waals surface area contributed by atoms with Gasteiger partial charge >= 0.3 is 0 Å². The predicted molar refractivity (Wildman–Crippen MR) is 98.4 cm³/mol. The number of nitrogens with zero attached hydrogens (tertiary/aromatic N) is 5. The van der Waals surface area contributed by atoms with Gasteiger partial charge in [-0.3, -0.25) is 14.7 Å². The van der Waals surface area contributed by atoms with Crippen LogP contribution in [0.3, 0.4) is 0 Å². The summed E-state index contributed by atoms with van der Waals surface area (Å²) in [5.74, 6) is 1.13. The highest BCUT2D eigenvalue weighted by atomic mass is 32.1. The Morgan fingerprint density at radius 3 is 2.62 bits per heavy atom. The van der Waals surface area contributed by atoms with E-state index in [9.17, 15) is 4.79 Å². The van der Waals surface area contributed by atoms with E-state index in [4.69, 9.17) is 0 Å². The molecule has 0 unspecified atom stereocenters. The first-order valence-electron chi connectivity index (χ1n) is 8.28. The predicted octanol–water partition coefficient (Wildman–Crippen LogP) is 0.623. The molecule has 0 aromatic carbocycles. The van der Waals surface area contributed by atoms with Gasteiger partial charge in [0.05, 0.1) is 17.7 Å². The van der Waals surface area contributed by atoms with Gasteiger partial charge in [0.15, 0.2) is 5.96 Å². The van der Waals surface area contributed by atoms with Crippen molar-refractivity contribution in [1.82, 2.24) is 25.0 Å². The van der Waals surface area contributed by atoms with Gasteiger partial charge in [-0.05, 0) is 6.92 Å². The zero-order valence-corrected chi connectivity index (χ0v) is 15.9. The van der Waals surface area contributed by atoms with E-state index in [1.165, 1.54) is 4.88 Å². The molecule has 1 fully saturated rings. The zero-order valence-electron chi connectivity index (χ0n) is 15.1. The van der Waals surface area contributed by atoms with Crippen LogP contribution >= 0.6 is 11.3 Å². The number of guanidine groups is 1. The van der Waals surface area contributed by atoms with E-state index in [1.807, 2.05) is 19.5 Å². The second-order valence-corrected chi connectivity index (χ2v) is 7.07. The van der Waals surface area contributed by atoms with E-state index in [0.717, 1.165) is 50.9 Å². The van der Waals surface area contributed by atoms with E-state index in [0.29, 0.717) is 6.42 Å². The Kier molecular flexibility index (Phi) is 6.99. The van der Waals surface area contributed by atoms with Crippen LogP contribution in [0.25, 0.3) is 0 Å². The number of nitrogens with one attached hydrogen (secondary N) is 1. The van der Waals surface area contributed by atoms with Crippen LogP contribution in [0.15, 0.2) is 10.5 Å². The van der Waals surface area contributed by atoms with Crippen molar-refractivity contribution < 1.29 is 4.79 Å². The smallest absolute Gasteiger partial charge is 0.223 e. The Balaban J connectivity index is 1.75. The van der Waals surface area contributed by atoms with Gasteiger partial charge in [0.2, 0.25) is 5.91 Å². The molecule has 8 heteroatoms. The monoisotopic (exact) mass is 352 g/mol. The van der Waals surface area contributed by atoms with Crippen molar-refractivity contribution in [2.24, 2.45) is 4.99 Å². The molecule has 1 aromatic rings. The highest BCUT2D eigenvalue weighted by Gasteiger charge is 2.20. The molecule has 1 saturated heterocycles. The fraction of sp³-hybridized carbons (Fsp3) is 0.688. The number of thiazole rings is 1. The average Bonchev–Trinajstić information content (AvgIpc) is 2.99. The van der Waals surface area contributed by atoms with E-state index in [1.54, 1.807) is 30.3 Å². The van der Waals surface area contributed by atoms with Gasteiger partial charge in [-0.2, -0.15) is 0 Å². The zero-order chi connectivity index (χ0) is 17.5. The molecule has 1 aromatic heterocycles. The number of carbonyl (C=O) groups excluding carboxylic acids is 1. The quantitative estimate of drug-likeness (QED) is 0.622. The molecule has 0 bridgehead atoms. The maximum atomic E-state index is 11.7. The number of hydrogen-bond donors (Lipinski definition) is 1. The minimum absolute atomic E-state index is 0.190. The molecule has 134 valence electrons. The number of piperazine rings is 1. The molecule has 0 spiro atoms. The number of hydrogen-bond acceptors (Lipinski definition) is 5. The Morgan fingerprint density at radius 2 is 2.08 bits per heavy atom. The lowest BCUT2D eigenvalue weighted by atomic mass is 10.3. The molecule has 1 N–H and O–H groups in total. The molecular formula is C16H28N6OS. The van der Waals surface area contributed by atoms with Crippen molar-refractivity contribution in [2.75, 3.05) is 53.9 Å². The molecule has 7 nitrogen and oxygen atoms in total. The Morgan fingerprint density at radius 1 is 1.38 bits per heavy atom. The summed E-state index contributed by atoms with van der Waals surface area (Å²) in [6.45, 7) is 7.40. The summed E-state index contributed by atoms with van der Waals surface area (Å²) in [4.78, 5) is 27.9. The van der Waals surface area contributed by atoms with E-state index in [2.05, 4.69) is 25.1 Å². The molecule has 0 saturated carbocycles. The normalized spacial score (nSPS) is 16.3. The molecule has 1 aliphatic heterocycles. The van der Waals surface area contributed by atoms with Crippen LogP contribution in [0.1, 0.15) is 17.0 Å². The summed E-state index contributed by atoms with van der Waals surface area (Å²) in [6, 6.07) is 0. The molecule has 2 rings (SSSR count). The van der Waals surface area contributed by atoms with Crippen molar-refractivity contribution >= 4 is 23.2 Å². The van der Waals surface area contributed by atoms with Gasteiger partial charge in [-0.25, -0.2) is 4.98 Å². The van der Waals surface area contributed by atoms with Gasteiger partial charge in [-0.15, -0.1) is 11.3 Å². The van der Waals surface area contributed by atoms with Gasteiger partial charge in [0.1, 0.15) is 0 Å². The second-order valence-electron chi connectivity index (χ2n) is 6.13. The lowest BCUT2D eigenvalue weighted by molar-refractivity contribution is -0.129. The molecular weight excluding hydrogens is 324 g/mol. The van der Waals surface area contributed by atoms with Crippen molar-refractivity contribution in [3.05, 3.63) is 16.1 Å². The van der Waals surface area contributed by atoms with Crippen LogP contribution in [-0.4, -0.2) is 85.4 Å². The van der Waals surface area contributed by atoms with Gasteiger partial charge in [-0.1, -0.05) is 0 Å². The molecule has 24 heavy (non-hydrogen) atoms. The second kappa shape index (κ2) is 8.98. The first kappa shape index (κ1) is 18.7. The summed E-state index contributed by atoms with van der Waals surface area (Å²) in [5, 5.41) is 3.43. The molecule has 0 aliphatic carbocycles. The van der Waals surface area contributed by atoms with Gasteiger partial charge < -0.3 is 15.1 Å². The lowest BCUT2D eigenvalue weighted by Gasteiger charge is -2.36. The van der Waals surface area contributed by atoms with Crippen LogP contribution in [0.4, 0.5) is 0 Å². The Hall–Kier alpha value is -1.67. The summed E-state index contributed by atoms with van der Waals surface area (Å²) in [6.07, 6.45) is 0.588. The summed E-state index contributed by atoms with van der Waals surface area (Å²) < 4.78 is 0. The minimum atomic E-state index is 0.190. The van der Waals surface area contributed by atoms with Crippen molar-refractivity contribution in [3.8, 4) is 0 Å². The highest BCUT2D eigenvalue weighted by molar-refractivity contribution is 7.09. The highest BCUT2D eigenvalue weighted by Crippen LogP contribution is 2.12. The SMILES string of the molecule is CN=C(NCc1scnc1C)N1CCN(CCC(=O)N(C)C)CC1. The summed E-state index contributed by atoms with van der Waals surface area (Å²) in [7, 11) is 5.44. The van der Waals surface area contributed by atoms with Gasteiger partial charge in [0, 0.05) is 65.2 Å². The van der Waals surface area contributed by atoms with E-state index in [-0.39, 0.29) is 5.91 Å². The fourth-order valence-corrected chi connectivity index (χ4v) is 3.36. The van der Waals surface area contributed by atoms with Crippen molar-refractivity contribution in [1.29, 1.82) is 0 Å². The van der Waals surface area contributed by atoms with Crippen molar-refractivity contribution in [3.63, 3.8) is 0 Å². The third-order valence-corrected chi connectivity index (χ3v) is 5.21. The minimum Gasteiger partial charge on any atom is -0.351 e. The molecule has 2 heterocycles. The third kappa shape index (κ3) is 5.17. The van der Waals surface area contributed by atoms with Crippen molar-refractivity contribution in [2.45, 2.75) is 19.9 Å². The lowest BCUT2D eigenvalue weighted by Crippen LogP contribution is -2.52. The number of aliphatic imine (C=N–C) groups is 1. The van der Waals surface area contributed by atoms with Crippen LogP contribution in [-0.2, 0) is 11.3 Å². The first-order chi connectivity index (χ1) is 11.5. The van der Waals surface area contributed by atoms with Crippen LogP contribution in [0.5, 0.6) is 0 Å². The number of aromatic nitrogens is 1. The maximum absolute atomic E-state index is 11.7. The Labute approximate surface area is 148 Å². The van der Waals surface area contributed by atoms with E-state index >= 15 is 0 Å². The number of carbonyl (C=O) groups is 1. The molecule has 0 radical (unpaired) electrons. The standard InChI is InChI=1S/C16H28N6OS/c1-13-14(24-12-19-13)11-18-16(17-2)22-9-7-21(8-10-22)6-5-15(23)20(3)4/h12H,5-11H2,1-4H3,(H,17,18). The molecule has 0 atom stereocenters. The van der Waals surface area contributed by atoms with E-state index < -0.39 is 0 Å². The molecule has 1 aliphatic rings. The molecule has 1 amide bonds.